The van der Waals surface area contributed by atoms with E-state index in [0.29, 0.717) is 13.2 Å². The Labute approximate surface area is 186 Å². The number of ether oxygens (including phenoxy) is 2. The molecule has 0 N–H and O–H groups in total. The predicted octanol–water partition coefficient (Wildman–Crippen LogP) is 0.856. The zero-order valence-electron chi connectivity index (χ0n) is 16.7. The summed E-state index contributed by atoms with van der Waals surface area (Å²) in [4.78, 5) is 0. The van der Waals surface area contributed by atoms with Crippen LogP contribution in [0.2, 0.25) is 0 Å². The van der Waals surface area contributed by atoms with Gasteiger partial charge in [-0.1, -0.05) is 63.6 Å². The van der Waals surface area contributed by atoms with Gasteiger partial charge in [0.25, 0.3) is 0 Å². The van der Waals surface area contributed by atoms with Crippen LogP contribution in [0.5, 0.6) is 5.75 Å². The molecule has 0 unspecified atom stereocenters. The van der Waals surface area contributed by atoms with Crippen LogP contribution in [0.15, 0.2) is 24.3 Å². The van der Waals surface area contributed by atoms with Crippen LogP contribution in [-0.2, 0) is 25.7 Å². The molecule has 0 saturated heterocycles. The van der Waals surface area contributed by atoms with Gasteiger partial charge in [0.15, 0.2) is 0 Å². The predicted molar refractivity (Wildman–Crippen MR) is 100 cm³/mol. The molecule has 0 bridgehead atoms. The van der Waals surface area contributed by atoms with Gasteiger partial charge in [-0.25, -0.2) is 8.42 Å². The van der Waals surface area contributed by atoms with Gasteiger partial charge in [-0.15, -0.1) is 0 Å². The largest absolute Gasteiger partial charge is 1.00 e. The van der Waals surface area contributed by atoms with Gasteiger partial charge in [0, 0.05) is 0 Å². The van der Waals surface area contributed by atoms with Crippen LogP contribution in [0.1, 0.15) is 57.4 Å². The molecule has 0 aliphatic rings. The van der Waals surface area contributed by atoms with Crippen molar-refractivity contribution in [2.75, 3.05) is 26.4 Å². The van der Waals surface area contributed by atoms with E-state index >= 15 is 0 Å². The fraction of sp³-hybridized carbons (Fsp3) is 0.684. The average molecular weight is 411 g/mol. The molecule has 0 atom stereocenters. The van der Waals surface area contributed by atoms with E-state index in [9.17, 15) is 13.0 Å². The number of aryl methyl sites for hydroxylation is 1. The van der Waals surface area contributed by atoms with Gasteiger partial charge in [0.05, 0.1) is 19.8 Å². The Hall–Kier alpha value is -0.150. The van der Waals surface area contributed by atoms with Crippen LogP contribution in [0.25, 0.3) is 0 Å². The number of hydrogen-bond acceptors (Lipinski definition) is 6. The summed E-state index contributed by atoms with van der Waals surface area (Å²) in [5.74, 6) is 0.862. The number of benzene rings is 1. The van der Waals surface area contributed by atoms with Crippen molar-refractivity contribution in [1.29, 1.82) is 0 Å². The van der Waals surface area contributed by atoms with Crippen molar-refractivity contribution in [3.63, 3.8) is 0 Å². The molecule has 0 spiro atoms. The maximum Gasteiger partial charge on any atom is 1.00 e. The number of unbranched alkanes of at least 4 members (excludes halogenated alkanes) is 6. The van der Waals surface area contributed by atoms with Crippen LogP contribution in [-0.4, -0.2) is 39.4 Å². The monoisotopic (exact) mass is 410 g/mol. The van der Waals surface area contributed by atoms with E-state index in [1.807, 2.05) is 18.2 Å². The van der Waals surface area contributed by atoms with Crippen molar-refractivity contribution >= 4 is 10.4 Å². The van der Waals surface area contributed by atoms with Gasteiger partial charge in [-0.3, -0.25) is 4.18 Å². The van der Waals surface area contributed by atoms with E-state index < -0.39 is 10.4 Å². The average Bonchev–Trinajstić information content (AvgIpc) is 2.60. The summed E-state index contributed by atoms with van der Waals surface area (Å²) in [6, 6.07) is 7.99. The first-order valence-corrected chi connectivity index (χ1v) is 10.7. The third-order valence-corrected chi connectivity index (χ3v) is 4.42. The van der Waals surface area contributed by atoms with Crippen molar-refractivity contribution in [2.45, 2.75) is 58.3 Å². The number of para-hydroxylation sites is 1. The molecular formula is C19H31NaO6S. The van der Waals surface area contributed by atoms with Crippen molar-refractivity contribution in [1.82, 2.24) is 0 Å². The van der Waals surface area contributed by atoms with Gasteiger partial charge < -0.3 is 14.0 Å². The fourth-order valence-corrected chi connectivity index (χ4v) is 2.90. The Bertz CT molecular complexity index is 579. The SMILES string of the molecule is CCCCCCCCCc1ccccc1OCCOCCOS(=O)(=O)[O-].[Na+]. The molecule has 27 heavy (non-hydrogen) atoms. The van der Waals surface area contributed by atoms with E-state index in [0.717, 1.165) is 18.6 Å². The second-order valence-electron chi connectivity index (χ2n) is 6.17. The second kappa shape index (κ2) is 16.8. The van der Waals surface area contributed by atoms with Crippen LogP contribution < -0.4 is 34.3 Å². The van der Waals surface area contributed by atoms with Crippen LogP contribution in [0.4, 0.5) is 0 Å². The van der Waals surface area contributed by atoms with Crippen molar-refractivity contribution in [3.8, 4) is 5.75 Å². The summed E-state index contributed by atoms with van der Waals surface area (Å²) in [7, 11) is -4.64. The Morgan fingerprint density at radius 1 is 0.889 bits per heavy atom. The second-order valence-corrected chi connectivity index (χ2v) is 7.22. The molecule has 0 aromatic heterocycles. The van der Waals surface area contributed by atoms with Crippen LogP contribution in [0.3, 0.4) is 0 Å². The van der Waals surface area contributed by atoms with Crippen LogP contribution >= 0.6 is 0 Å². The summed E-state index contributed by atoms with van der Waals surface area (Å²) >= 11 is 0. The molecule has 1 aromatic rings. The van der Waals surface area contributed by atoms with Crippen molar-refractivity contribution in [3.05, 3.63) is 29.8 Å². The summed E-state index contributed by atoms with van der Waals surface area (Å²) < 4.78 is 45.8. The smallest absolute Gasteiger partial charge is 0.726 e. The van der Waals surface area contributed by atoms with E-state index in [1.54, 1.807) is 0 Å². The zero-order valence-corrected chi connectivity index (χ0v) is 19.5. The molecule has 1 rings (SSSR count). The molecule has 0 aliphatic carbocycles. The Kier molecular flexibility index (Phi) is 16.7. The Morgan fingerprint density at radius 2 is 1.52 bits per heavy atom. The van der Waals surface area contributed by atoms with Crippen molar-refractivity contribution in [2.24, 2.45) is 0 Å². The molecule has 150 valence electrons. The first-order valence-electron chi connectivity index (χ1n) is 9.41. The Morgan fingerprint density at radius 3 is 2.22 bits per heavy atom. The summed E-state index contributed by atoms with van der Waals surface area (Å²) in [6.45, 7) is 2.64. The molecule has 0 radical (unpaired) electrons. The zero-order chi connectivity index (χ0) is 19.1. The van der Waals surface area contributed by atoms with Crippen molar-refractivity contribution < 1.29 is 56.2 Å². The third-order valence-electron chi connectivity index (χ3n) is 3.96. The number of hydrogen-bond donors (Lipinski definition) is 0. The van der Waals surface area contributed by atoms with E-state index in [4.69, 9.17) is 9.47 Å². The van der Waals surface area contributed by atoms with Gasteiger partial charge in [-0.05, 0) is 24.5 Å². The van der Waals surface area contributed by atoms with E-state index in [-0.39, 0.29) is 42.8 Å². The minimum absolute atomic E-state index is 0. The minimum Gasteiger partial charge on any atom is -0.726 e. The fourth-order valence-electron chi connectivity index (χ4n) is 2.63. The third kappa shape index (κ3) is 15.4. The minimum atomic E-state index is -4.64. The molecular weight excluding hydrogens is 379 g/mol. The van der Waals surface area contributed by atoms with Gasteiger partial charge in [-0.2, -0.15) is 0 Å². The molecule has 1 aromatic carbocycles. The van der Waals surface area contributed by atoms with Gasteiger partial charge in [0.2, 0.25) is 10.4 Å². The molecule has 0 fully saturated rings. The van der Waals surface area contributed by atoms with Gasteiger partial charge >= 0.3 is 29.6 Å². The Balaban J connectivity index is 0.00000676. The van der Waals surface area contributed by atoms with Gasteiger partial charge in [0.1, 0.15) is 12.4 Å². The first-order chi connectivity index (χ1) is 12.5. The topological polar surface area (TPSA) is 84.9 Å². The maximum absolute atomic E-state index is 10.3. The van der Waals surface area contributed by atoms with E-state index in [1.165, 1.54) is 44.1 Å². The summed E-state index contributed by atoms with van der Waals surface area (Å²) in [5, 5.41) is 0. The quantitative estimate of drug-likeness (QED) is 0.174. The standard InChI is InChI=1S/C19H32O6S.Na/c1-2-3-4-5-6-7-8-11-18-12-9-10-13-19(18)24-16-14-23-15-17-25-26(20,21)22;/h9-10,12-13H,2-8,11,14-17H2,1H3,(H,20,21,22);/q;+1/p-1. The van der Waals surface area contributed by atoms with Crippen LogP contribution in [0, 0.1) is 0 Å². The molecule has 0 amide bonds. The molecule has 8 heteroatoms. The summed E-state index contributed by atoms with van der Waals surface area (Å²) in [6.07, 6.45) is 9.95. The van der Waals surface area contributed by atoms with E-state index in [2.05, 4.69) is 17.2 Å². The molecule has 6 nitrogen and oxygen atoms in total. The molecule has 0 aliphatic heterocycles. The molecule has 0 saturated carbocycles. The first kappa shape index (κ1) is 26.9. The normalized spacial score (nSPS) is 11.2. The number of rotatable bonds is 16. The molecule has 0 heterocycles. The summed E-state index contributed by atoms with van der Waals surface area (Å²) in [5.41, 5.74) is 1.20. The maximum atomic E-state index is 10.3.